The van der Waals surface area contributed by atoms with Crippen molar-refractivity contribution in [3.05, 3.63) is 41.2 Å². The van der Waals surface area contributed by atoms with Crippen molar-refractivity contribution < 1.29 is 5.11 Å². The predicted molar refractivity (Wildman–Crippen MR) is 64.8 cm³/mol. The van der Waals surface area contributed by atoms with E-state index in [9.17, 15) is 5.11 Å². The molecule has 0 atom stereocenters. The van der Waals surface area contributed by atoms with E-state index in [1.54, 1.807) is 23.0 Å². The molecule has 5 nitrogen and oxygen atoms in total. The lowest BCUT2D eigenvalue weighted by atomic mass is 10.2. The molecule has 1 aromatic carbocycles. The van der Waals surface area contributed by atoms with Gasteiger partial charge in [0.05, 0.1) is 17.8 Å². The Morgan fingerprint density at radius 2 is 2.29 bits per heavy atom. The molecule has 90 valence electrons. The van der Waals surface area contributed by atoms with Crippen molar-refractivity contribution in [1.82, 2.24) is 20.3 Å². The number of phenols is 1. The molecule has 0 amide bonds. The molecule has 6 heteroatoms. The van der Waals surface area contributed by atoms with Crippen molar-refractivity contribution in [3.8, 4) is 5.75 Å². The number of hydrogen-bond donors (Lipinski definition) is 2. The molecule has 0 unspecified atom stereocenters. The Morgan fingerprint density at radius 1 is 1.41 bits per heavy atom. The number of hydrogen-bond acceptors (Lipinski definition) is 4. The van der Waals surface area contributed by atoms with Crippen molar-refractivity contribution in [1.29, 1.82) is 0 Å². The van der Waals surface area contributed by atoms with Gasteiger partial charge in [-0.2, -0.15) is 0 Å². The number of rotatable bonds is 5. The van der Waals surface area contributed by atoms with Crippen LogP contribution in [0.1, 0.15) is 5.56 Å². The first kappa shape index (κ1) is 11.9. The highest BCUT2D eigenvalue weighted by atomic mass is 35.5. The van der Waals surface area contributed by atoms with Crippen LogP contribution < -0.4 is 5.32 Å². The average molecular weight is 253 g/mol. The maximum Gasteiger partial charge on any atom is 0.134 e. The lowest BCUT2D eigenvalue weighted by Gasteiger charge is -2.06. The summed E-state index contributed by atoms with van der Waals surface area (Å²) in [6.45, 7) is 2.27. The lowest BCUT2D eigenvalue weighted by Crippen LogP contribution is -2.19. The van der Waals surface area contributed by atoms with Crippen LogP contribution in [0, 0.1) is 0 Å². The number of phenolic OH excluding ortho intramolecular Hbond substituents is 1. The number of benzene rings is 1. The van der Waals surface area contributed by atoms with E-state index in [4.69, 9.17) is 11.6 Å². The minimum Gasteiger partial charge on any atom is -0.506 e. The Labute approximate surface area is 104 Å². The van der Waals surface area contributed by atoms with E-state index in [1.807, 2.05) is 12.3 Å². The molecule has 2 N–H and O–H groups in total. The standard InChI is InChI=1S/C11H13ClN4O/c12-10-7-9(1-2-11(10)17)8-13-3-5-16-6-4-14-15-16/h1-2,4,6-7,13,17H,3,5,8H2. The summed E-state index contributed by atoms with van der Waals surface area (Å²) in [5, 5.41) is 20.5. The molecule has 2 rings (SSSR count). The summed E-state index contributed by atoms with van der Waals surface area (Å²) >= 11 is 5.81. The molecular formula is C11H13ClN4O. The van der Waals surface area contributed by atoms with Crippen molar-refractivity contribution >= 4 is 11.6 Å². The van der Waals surface area contributed by atoms with Crippen LogP contribution in [0.25, 0.3) is 0 Å². The first-order chi connectivity index (χ1) is 8.25. The zero-order valence-corrected chi connectivity index (χ0v) is 9.93. The molecule has 0 aliphatic rings. The van der Waals surface area contributed by atoms with Gasteiger partial charge in [-0.25, -0.2) is 0 Å². The van der Waals surface area contributed by atoms with Crippen LogP contribution in [0.3, 0.4) is 0 Å². The zero-order valence-electron chi connectivity index (χ0n) is 9.17. The van der Waals surface area contributed by atoms with E-state index in [2.05, 4.69) is 15.6 Å². The third kappa shape index (κ3) is 3.44. The Morgan fingerprint density at radius 3 is 3.00 bits per heavy atom. The van der Waals surface area contributed by atoms with E-state index < -0.39 is 0 Å². The van der Waals surface area contributed by atoms with Gasteiger partial charge in [0.1, 0.15) is 5.75 Å². The quantitative estimate of drug-likeness (QED) is 0.791. The van der Waals surface area contributed by atoms with Gasteiger partial charge < -0.3 is 10.4 Å². The number of nitrogens with zero attached hydrogens (tertiary/aromatic N) is 3. The second-order valence-corrected chi connectivity index (χ2v) is 4.04. The van der Waals surface area contributed by atoms with Crippen molar-refractivity contribution in [3.63, 3.8) is 0 Å². The fourth-order valence-corrected chi connectivity index (χ4v) is 1.64. The molecule has 2 aromatic rings. The highest BCUT2D eigenvalue weighted by Gasteiger charge is 1.99. The van der Waals surface area contributed by atoms with Crippen LogP contribution in [0.5, 0.6) is 5.75 Å². The predicted octanol–water partition coefficient (Wildman–Crippen LogP) is 1.43. The summed E-state index contributed by atoms with van der Waals surface area (Å²) in [4.78, 5) is 0. The van der Waals surface area contributed by atoms with Crippen LogP contribution >= 0.6 is 11.6 Å². The largest absolute Gasteiger partial charge is 0.506 e. The van der Waals surface area contributed by atoms with E-state index >= 15 is 0 Å². The van der Waals surface area contributed by atoms with Gasteiger partial charge in [0.2, 0.25) is 0 Å². The molecule has 1 heterocycles. The normalized spacial score (nSPS) is 10.6. The minimum atomic E-state index is 0.109. The molecule has 0 aliphatic heterocycles. The van der Waals surface area contributed by atoms with Gasteiger partial charge in [-0.15, -0.1) is 5.10 Å². The van der Waals surface area contributed by atoms with Crippen LogP contribution in [0.2, 0.25) is 5.02 Å². The Balaban J connectivity index is 1.76. The molecule has 0 saturated heterocycles. The van der Waals surface area contributed by atoms with Gasteiger partial charge in [-0.3, -0.25) is 4.68 Å². The molecule has 1 aromatic heterocycles. The molecule has 17 heavy (non-hydrogen) atoms. The van der Waals surface area contributed by atoms with Crippen molar-refractivity contribution in [2.45, 2.75) is 13.1 Å². The van der Waals surface area contributed by atoms with E-state index in [0.717, 1.165) is 18.7 Å². The number of nitrogens with one attached hydrogen (secondary N) is 1. The van der Waals surface area contributed by atoms with Crippen molar-refractivity contribution in [2.75, 3.05) is 6.54 Å². The molecule has 0 saturated carbocycles. The van der Waals surface area contributed by atoms with E-state index in [0.29, 0.717) is 11.6 Å². The average Bonchev–Trinajstić information content (AvgIpc) is 2.82. The highest BCUT2D eigenvalue weighted by Crippen LogP contribution is 2.23. The van der Waals surface area contributed by atoms with E-state index in [1.165, 1.54) is 0 Å². The summed E-state index contributed by atoms with van der Waals surface area (Å²) in [6, 6.07) is 5.18. The lowest BCUT2D eigenvalue weighted by molar-refractivity contribution is 0.475. The van der Waals surface area contributed by atoms with Gasteiger partial charge in [-0.1, -0.05) is 22.9 Å². The van der Waals surface area contributed by atoms with Crippen LogP contribution in [-0.4, -0.2) is 26.6 Å². The first-order valence-electron chi connectivity index (χ1n) is 5.28. The van der Waals surface area contributed by atoms with Gasteiger partial charge in [0.15, 0.2) is 0 Å². The Hall–Kier alpha value is -1.59. The van der Waals surface area contributed by atoms with Crippen molar-refractivity contribution in [2.24, 2.45) is 0 Å². The summed E-state index contributed by atoms with van der Waals surface area (Å²) in [7, 11) is 0. The maximum atomic E-state index is 9.27. The third-order valence-electron chi connectivity index (χ3n) is 2.33. The van der Waals surface area contributed by atoms with Gasteiger partial charge in [0, 0.05) is 19.3 Å². The second kappa shape index (κ2) is 5.65. The summed E-state index contributed by atoms with van der Waals surface area (Å²) < 4.78 is 1.76. The molecule has 0 bridgehead atoms. The molecule has 0 spiro atoms. The summed E-state index contributed by atoms with van der Waals surface area (Å²) in [5.74, 6) is 0.109. The van der Waals surface area contributed by atoms with Gasteiger partial charge in [-0.05, 0) is 17.7 Å². The Bertz CT molecular complexity index is 472. The summed E-state index contributed by atoms with van der Waals surface area (Å²) in [6.07, 6.45) is 3.47. The zero-order chi connectivity index (χ0) is 12.1. The minimum absolute atomic E-state index is 0.109. The van der Waals surface area contributed by atoms with Gasteiger partial charge >= 0.3 is 0 Å². The van der Waals surface area contributed by atoms with E-state index in [-0.39, 0.29) is 5.75 Å². The maximum absolute atomic E-state index is 9.27. The van der Waals surface area contributed by atoms with Crippen LogP contribution in [0.4, 0.5) is 0 Å². The molecule has 0 radical (unpaired) electrons. The van der Waals surface area contributed by atoms with Gasteiger partial charge in [0.25, 0.3) is 0 Å². The molecular weight excluding hydrogens is 240 g/mol. The Kier molecular flexibility index (Phi) is 3.95. The first-order valence-corrected chi connectivity index (χ1v) is 5.66. The van der Waals surface area contributed by atoms with Crippen LogP contribution in [-0.2, 0) is 13.1 Å². The number of aromatic hydroxyl groups is 1. The fourth-order valence-electron chi connectivity index (χ4n) is 1.44. The molecule has 0 aliphatic carbocycles. The third-order valence-corrected chi connectivity index (χ3v) is 2.63. The smallest absolute Gasteiger partial charge is 0.134 e. The number of halogens is 1. The number of aromatic nitrogens is 3. The monoisotopic (exact) mass is 252 g/mol. The SMILES string of the molecule is Oc1ccc(CNCCn2ccnn2)cc1Cl. The van der Waals surface area contributed by atoms with Crippen LogP contribution in [0.15, 0.2) is 30.6 Å². The highest BCUT2D eigenvalue weighted by molar-refractivity contribution is 6.32. The summed E-state index contributed by atoms with van der Waals surface area (Å²) in [5.41, 5.74) is 1.03. The molecule has 0 fully saturated rings. The fraction of sp³-hybridized carbons (Fsp3) is 0.273. The second-order valence-electron chi connectivity index (χ2n) is 3.63. The topological polar surface area (TPSA) is 63.0 Å².